The van der Waals surface area contributed by atoms with Gasteiger partial charge in [-0.05, 0) is 0 Å². The summed E-state index contributed by atoms with van der Waals surface area (Å²) in [6.07, 6.45) is 8.79. The molecule has 1 N–H and O–H groups in total. The number of aromatic amines is 1. The van der Waals surface area contributed by atoms with Gasteiger partial charge >= 0.3 is 145 Å². The first kappa shape index (κ1) is 17.8. The van der Waals surface area contributed by atoms with Gasteiger partial charge in [-0.1, -0.05) is 0 Å². The van der Waals surface area contributed by atoms with Gasteiger partial charge in [-0.25, -0.2) is 0 Å². The van der Waals surface area contributed by atoms with Crippen LogP contribution in [0.2, 0.25) is 3.93 Å². The number of aromatic nitrogens is 3. The molecule has 0 saturated heterocycles. The summed E-state index contributed by atoms with van der Waals surface area (Å²) in [5.41, 5.74) is 5.46. The van der Waals surface area contributed by atoms with E-state index in [-0.39, 0.29) is 0 Å². The van der Waals surface area contributed by atoms with E-state index in [1.165, 1.54) is 50.5 Å². The van der Waals surface area contributed by atoms with Crippen LogP contribution in [0.3, 0.4) is 0 Å². The minimum atomic E-state index is -0.623. The van der Waals surface area contributed by atoms with Crippen LogP contribution >= 0.6 is 0 Å². The predicted molar refractivity (Wildman–Crippen MR) is 96.2 cm³/mol. The molecular weight excluding hydrogens is 377 g/mol. The molecule has 1 aromatic carbocycles. The van der Waals surface area contributed by atoms with Crippen LogP contribution in [-0.4, -0.2) is 36.6 Å². The van der Waals surface area contributed by atoms with Crippen molar-refractivity contribution in [3.8, 4) is 0 Å². The second-order valence-corrected chi connectivity index (χ2v) is 11.3. The summed E-state index contributed by atoms with van der Waals surface area (Å²) in [4.78, 5) is 0. The van der Waals surface area contributed by atoms with Gasteiger partial charge in [0.1, 0.15) is 0 Å². The van der Waals surface area contributed by atoms with Gasteiger partial charge in [0.25, 0.3) is 0 Å². The van der Waals surface area contributed by atoms with Gasteiger partial charge in [-0.2, -0.15) is 0 Å². The second-order valence-electron chi connectivity index (χ2n) is 6.24. The first-order valence-corrected chi connectivity index (χ1v) is 11.9. The van der Waals surface area contributed by atoms with Gasteiger partial charge in [0, 0.05) is 0 Å². The summed E-state index contributed by atoms with van der Waals surface area (Å²) in [6, 6.07) is 2.30. The Balaban J connectivity index is 2.49. The van der Waals surface area contributed by atoms with E-state index in [9.17, 15) is 0 Å². The maximum atomic E-state index is 4.50. The van der Waals surface area contributed by atoms with Crippen molar-refractivity contribution in [3.05, 3.63) is 17.2 Å². The SMILES string of the molecule is CCCCc1cc2n[nH]nc2[c]([Sn][CH](C)CC)c1CCCC. The van der Waals surface area contributed by atoms with Crippen molar-refractivity contribution in [2.45, 2.75) is 76.6 Å². The molecule has 3 nitrogen and oxygen atoms in total. The molecule has 2 aromatic rings. The Hall–Kier alpha value is -0.581. The number of nitrogens with one attached hydrogen (secondary N) is 1. The molecule has 1 heterocycles. The van der Waals surface area contributed by atoms with Gasteiger partial charge in [0.05, 0.1) is 0 Å². The van der Waals surface area contributed by atoms with Crippen molar-refractivity contribution < 1.29 is 0 Å². The Morgan fingerprint density at radius 2 is 1.82 bits per heavy atom. The molecule has 2 radical (unpaired) electrons. The van der Waals surface area contributed by atoms with Crippen LogP contribution < -0.4 is 3.58 Å². The van der Waals surface area contributed by atoms with Crippen LogP contribution in [0.15, 0.2) is 6.07 Å². The minimum absolute atomic E-state index is 0.623. The predicted octanol–water partition coefficient (Wildman–Crippen LogP) is 4.19. The Morgan fingerprint density at radius 3 is 2.50 bits per heavy atom. The zero-order valence-corrected chi connectivity index (χ0v) is 17.4. The van der Waals surface area contributed by atoms with Crippen molar-refractivity contribution in [2.75, 3.05) is 0 Å². The summed E-state index contributed by atoms with van der Waals surface area (Å²) in [7, 11) is 0. The maximum absolute atomic E-state index is 4.50. The summed E-state index contributed by atoms with van der Waals surface area (Å²) >= 11 is -0.623. The molecule has 1 atom stereocenters. The Bertz CT molecular complexity index is 591. The number of unbranched alkanes of at least 4 members (excludes halogenated alkanes) is 2. The fourth-order valence-corrected chi connectivity index (χ4v) is 7.03. The number of H-pyrrole nitrogens is 1. The van der Waals surface area contributed by atoms with E-state index in [0.717, 1.165) is 9.45 Å². The molecule has 0 amide bonds. The van der Waals surface area contributed by atoms with Crippen molar-refractivity contribution in [1.82, 2.24) is 15.4 Å². The molecule has 0 fully saturated rings. The van der Waals surface area contributed by atoms with Crippen molar-refractivity contribution in [3.63, 3.8) is 0 Å². The van der Waals surface area contributed by atoms with E-state index in [0.29, 0.717) is 0 Å². The molecule has 0 aliphatic heterocycles. The summed E-state index contributed by atoms with van der Waals surface area (Å²) in [5.74, 6) is 0. The van der Waals surface area contributed by atoms with Gasteiger partial charge < -0.3 is 0 Å². The van der Waals surface area contributed by atoms with E-state index < -0.39 is 21.1 Å². The van der Waals surface area contributed by atoms with Crippen molar-refractivity contribution in [1.29, 1.82) is 0 Å². The number of hydrogen-bond donors (Lipinski definition) is 1. The molecule has 0 saturated carbocycles. The molecule has 0 aliphatic rings. The third-order valence-electron chi connectivity index (χ3n) is 4.40. The van der Waals surface area contributed by atoms with Gasteiger partial charge in [0.15, 0.2) is 0 Å². The third kappa shape index (κ3) is 4.24. The topological polar surface area (TPSA) is 41.6 Å². The van der Waals surface area contributed by atoms with E-state index in [1.807, 2.05) is 0 Å². The molecule has 0 bridgehead atoms. The third-order valence-corrected chi connectivity index (χ3v) is 9.33. The van der Waals surface area contributed by atoms with Crippen LogP contribution in [0.5, 0.6) is 0 Å². The molecule has 1 unspecified atom stereocenters. The molecule has 2 rings (SSSR count). The zero-order chi connectivity index (χ0) is 15.9. The Kier molecular flexibility index (Phi) is 7.19. The van der Waals surface area contributed by atoms with Gasteiger partial charge in [-0.15, -0.1) is 0 Å². The number of aryl methyl sites for hydroxylation is 1. The Labute approximate surface area is 144 Å². The average molecular weight is 406 g/mol. The fraction of sp³-hybridized carbons (Fsp3) is 0.667. The normalized spacial score (nSPS) is 12.9. The second kappa shape index (κ2) is 8.90. The molecular formula is C18H29N3Sn. The number of benzene rings is 1. The summed E-state index contributed by atoms with van der Waals surface area (Å²) < 4.78 is 2.49. The van der Waals surface area contributed by atoms with Crippen LogP contribution in [0.1, 0.15) is 70.9 Å². The molecule has 0 aliphatic carbocycles. The van der Waals surface area contributed by atoms with Crippen molar-refractivity contribution >= 4 is 35.8 Å². The standard InChI is InChI=1S/C14H20N3.C4H9.Sn/c1-3-5-7-11-9-13-14(16-17-15-13)10-12(11)8-6-4-2;1-3-4-2;/h9H,3-8H2,1-2H3,(H,15,16,17);3H,4H2,1-2H3;. The van der Waals surface area contributed by atoms with Crippen LogP contribution in [0.25, 0.3) is 11.0 Å². The first-order chi connectivity index (χ1) is 10.7. The molecule has 0 spiro atoms. The van der Waals surface area contributed by atoms with Gasteiger partial charge in [-0.3, -0.25) is 0 Å². The van der Waals surface area contributed by atoms with E-state index in [1.54, 1.807) is 14.7 Å². The van der Waals surface area contributed by atoms with E-state index >= 15 is 0 Å². The van der Waals surface area contributed by atoms with Crippen LogP contribution in [-0.2, 0) is 12.8 Å². The molecule has 22 heavy (non-hydrogen) atoms. The summed E-state index contributed by atoms with van der Waals surface area (Å²) in [6.45, 7) is 9.30. The quantitative estimate of drug-likeness (QED) is 0.635. The number of nitrogens with zero attached hydrogens (tertiary/aromatic N) is 2. The molecule has 4 heteroatoms. The van der Waals surface area contributed by atoms with Crippen LogP contribution in [0.4, 0.5) is 0 Å². The van der Waals surface area contributed by atoms with E-state index in [4.69, 9.17) is 0 Å². The van der Waals surface area contributed by atoms with Gasteiger partial charge in [0.2, 0.25) is 0 Å². The summed E-state index contributed by atoms with van der Waals surface area (Å²) in [5, 5.41) is 11.8. The number of rotatable bonds is 9. The van der Waals surface area contributed by atoms with Crippen LogP contribution in [0, 0.1) is 0 Å². The fourth-order valence-electron chi connectivity index (χ4n) is 2.81. The molecule has 120 valence electrons. The molecule has 1 aromatic heterocycles. The number of fused-ring (bicyclic) bond motifs is 1. The zero-order valence-electron chi connectivity index (χ0n) is 14.5. The first-order valence-electron chi connectivity index (χ1n) is 8.82. The monoisotopic (exact) mass is 407 g/mol. The number of hydrogen-bond acceptors (Lipinski definition) is 2. The average Bonchev–Trinajstić information content (AvgIpc) is 2.99. The van der Waals surface area contributed by atoms with Crippen molar-refractivity contribution in [2.24, 2.45) is 0 Å². The van der Waals surface area contributed by atoms with E-state index in [2.05, 4.69) is 49.2 Å². The Morgan fingerprint density at radius 1 is 1.09 bits per heavy atom.